The summed E-state index contributed by atoms with van der Waals surface area (Å²) in [6, 6.07) is 6.81. The Morgan fingerprint density at radius 2 is 2.21 bits per heavy atom. The minimum absolute atomic E-state index is 0.258. The lowest BCUT2D eigenvalue weighted by Crippen LogP contribution is -2.00. The van der Waals surface area contributed by atoms with Crippen LogP contribution in [0.2, 0.25) is 0 Å². The summed E-state index contributed by atoms with van der Waals surface area (Å²) in [5.74, 6) is -0.258. The lowest BCUT2D eigenvalue weighted by atomic mass is 10.2. The maximum atomic E-state index is 13.7. The van der Waals surface area contributed by atoms with Crippen molar-refractivity contribution in [2.75, 3.05) is 0 Å². The van der Waals surface area contributed by atoms with E-state index in [2.05, 4.69) is 25.9 Å². The van der Waals surface area contributed by atoms with Gasteiger partial charge in [0, 0.05) is 16.2 Å². The molecule has 0 aliphatic rings. The summed E-state index contributed by atoms with van der Waals surface area (Å²) in [7, 11) is 0. The van der Waals surface area contributed by atoms with E-state index in [-0.39, 0.29) is 5.82 Å². The fourth-order valence-electron chi connectivity index (χ4n) is 2.03. The Labute approximate surface area is 122 Å². The van der Waals surface area contributed by atoms with Gasteiger partial charge in [-0.05, 0) is 53.3 Å². The highest BCUT2D eigenvalue weighted by Crippen LogP contribution is 2.23. The predicted molar refractivity (Wildman–Crippen MR) is 78.6 cm³/mol. The zero-order valence-electron chi connectivity index (χ0n) is 9.95. The number of H-pyrrole nitrogens is 1. The van der Waals surface area contributed by atoms with Crippen LogP contribution in [-0.4, -0.2) is 14.5 Å². The molecule has 0 bridgehead atoms. The molecule has 2 aromatic heterocycles. The van der Waals surface area contributed by atoms with Gasteiger partial charge in [0.1, 0.15) is 5.82 Å². The summed E-state index contributed by atoms with van der Waals surface area (Å²) in [6.07, 6.45) is 1.69. The van der Waals surface area contributed by atoms with E-state index in [9.17, 15) is 4.39 Å². The van der Waals surface area contributed by atoms with Gasteiger partial charge >= 0.3 is 0 Å². The van der Waals surface area contributed by atoms with Crippen molar-refractivity contribution >= 4 is 39.3 Å². The third-order valence-corrected chi connectivity index (χ3v) is 3.69. The fraction of sp³-hybridized carbons (Fsp3) is 0.0769. The molecule has 2 heterocycles. The molecule has 0 saturated carbocycles. The maximum absolute atomic E-state index is 13.7. The van der Waals surface area contributed by atoms with Gasteiger partial charge < -0.3 is 4.98 Å². The second-order valence-corrected chi connectivity index (χ2v) is 5.48. The van der Waals surface area contributed by atoms with Crippen LogP contribution in [0.1, 0.15) is 5.56 Å². The topological polar surface area (TPSA) is 33.6 Å². The Morgan fingerprint density at radius 1 is 1.42 bits per heavy atom. The summed E-state index contributed by atoms with van der Waals surface area (Å²) in [5.41, 5.74) is 2.74. The molecule has 96 valence electrons. The average Bonchev–Trinajstić information content (AvgIpc) is 2.68. The molecule has 0 radical (unpaired) electrons. The molecule has 0 atom stereocenters. The first-order valence-electron chi connectivity index (χ1n) is 5.59. The first-order valence-corrected chi connectivity index (χ1v) is 6.80. The smallest absolute Gasteiger partial charge is 0.184 e. The van der Waals surface area contributed by atoms with Gasteiger partial charge in [0.15, 0.2) is 10.4 Å². The van der Waals surface area contributed by atoms with Crippen molar-refractivity contribution in [2.24, 2.45) is 0 Å². The van der Waals surface area contributed by atoms with Gasteiger partial charge in [-0.3, -0.25) is 4.57 Å². The molecule has 19 heavy (non-hydrogen) atoms. The maximum Gasteiger partial charge on any atom is 0.184 e. The van der Waals surface area contributed by atoms with E-state index in [1.54, 1.807) is 23.8 Å². The van der Waals surface area contributed by atoms with Crippen molar-refractivity contribution in [2.45, 2.75) is 6.92 Å². The van der Waals surface area contributed by atoms with Crippen LogP contribution in [0.4, 0.5) is 4.39 Å². The molecule has 0 unspecified atom stereocenters. The van der Waals surface area contributed by atoms with Crippen LogP contribution in [0.5, 0.6) is 0 Å². The van der Waals surface area contributed by atoms with Gasteiger partial charge in [-0.15, -0.1) is 0 Å². The van der Waals surface area contributed by atoms with E-state index in [1.165, 1.54) is 6.07 Å². The number of fused-ring (bicyclic) bond motifs is 1. The van der Waals surface area contributed by atoms with Crippen LogP contribution in [0.3, 0.4) is 0 Å². The highest BCUT2D eigenvalue weighted by Gasteiger charge is 2.12. The molecule has 1 aromatic carbocycles. The van der Waals surface area contributed by atoms with E-state index in [1.807, 2.05) is 12.1 Å². The van der Waals surface area contributed by atoms with E-state index < -0.39 is 0 Å². The zero-order valence-corrected chi connectivity index (χ0v) is 12.3. The minimum Gasteiger partial charge on any atom is -0.329 e. The quantitative estimate of drug-likeness (QED) is 0.672. The molecule has 0 amide bonds. The number of aromatic nitrogens is 3. The van der Waals surface area contributed by atoms with Crippen molar-refractivity contribution in [3.8, 4) is 5.69 Å². The van der Waals surface area contributed by atoms with Gasteiger partial charge in [-0.2, -0.15) is 0 Å². The molecule has 3 rings (SSSR count). The average molecular weight is 338 g/mol. The number of rotatable bonds is 1. The molecule has 0 saturated heterocycles. The molecular weight excluding hydrogens is 329 g/mol. The second-order valence-electron chi connectivity index (χ2n) is 4.17. The zero-order chi connectivity index (χ0) is 13.6. The SMILES string of the molecule is Cc1c(F)cccc1-n1c(=S)[nH]c2cc(Br)cnc21. The molecule has 0 aliphatic heterocycles. The molecular formula is C13H9BrFN3S. The van der Waals surface area contributed by atoms with Gasteiger partial charge in [-0.25, -0.2) is 9.37 Å². The van der Waals surface area contributed by atoms with Gasteiger partial charge in [0.05, 0.1) is 11.2 Å². The number of imidazole rings is 1. The minimum atomic E-state index is -0.258. The lowest BCUT2D eigenvalue weighted by molar-refractivity contribution is 0.617. The van der Waals surface area contributed by atoms with Crippen LogP contribution in [0.25, 0.3) is 16.9 Å². The monoisotopic (exact) mass is 337 g/mol. The summed E-state index contributed by atoms with van der Waals surface area (Å²) in [6.45, 7) is 1.73. The third-order valence-electron chi connectivity index (χ3n) is 2.97. The number of hydrogen-bond acceptors (Lipinski definition) is 2. The highest BCUT2D eigenvalue weighted by atomic mass is 79.9. The molecule has 6 heteroatoms. The van der Waals surface area contributed by atoms with Crippen LogP contribution in [-0.2, 0) is 0 Å². The number of pyridine rings is 1. The fourth-order valence-corrected chi connectivity index (χ4v) is 2.66. The molecule has 0 spiro atoms. The highest BCUT2D eigenvalue weighted by molar-refractivity contribution is 9.10. The van der Waals surface area contributed by atoms with Crippen molar-refractivity contribution < 1.29 is 4.39 Å². The van der Waals surface area contributed by atoms with Crippen LogP contribution < -0.4 is 0 Å². The molecule has 3 aromatic rings. The Kier molecular flexibility index (Phi) is 2.99. The molecule has 1 N–H and O–H groups in total. The van der Waals surface area contributed by atoms with Crippen LogP contribution in [0.15, 0.2) is 34.9 Å². The lowest BCUT2D eigenvalue weighted by Gasteiger charge is -2.08. The molecule has 3 nitrogen and oxygen atoms in total. The summed E-state index contributed by atoms with van der Waals surface area (Å²) in [4.78, 5) is 7.42. The van der Waals surface area contributed by atoms with Gasteiger partial charge in [0.25, 0.3) is 0 Å². The molecule has 0 fully saturated rings. The number of halogens is 2. The first kappa shape index (κ1) is 12.5. The Bertz CT molecular complexity index is 838. The summed E-state index contributed by atoms with van der Waals surface area (Å²) < 4.78 is 16.8. The Hall–Kier alpha value is -1.53. The number of hydrogen-bond donors (Lipinski definition) is 1. The number of nitrogens with zero attached hydrogens (tertiary/aromatic N) is 2. The molecule has 0 aliphatic carbocycles. The Morgan fingerprint density at radius 3 is 3.00 bits per heavy atom. The van der Waals surface area contributed by atoms with E-state index in [0.717, 1.165) is 9.99 Å². The number of nitrogens with one attached hydrogen (secondary N) is 1. The standard InChI is InChI=1S/C13H9BrFN3S/c1-7-9(15)3-2-4-11(7)18-12-10(17-13(18)19)5-8(14)6-16-12/h2-6H,1H3,(H,17,19). The second kappa shape index (κ2) is 4.54. The largest absolute Gasteiger partial charge is 0.329 e. The first-order chi connectivity index (χ1) is 9.08. The van der Waals surface area contributed by atoms with Crippen molar-refractivity contribution in [3.05, 3.63) is 51.1 Å². The van der Waals surface area contributed by atoms with Crippen LogP contribution in [0, 0.1) is 17.5 Å². The van der Waals surface area contributed by atoms with E-state index >= 15 is 0 Å². The van der Waals surface area contributed by atoms with Crippen LogP contribution >= 0.6 is 28.1 Å². The van der Waals surface area contributed by atoms with Gasteiger partial charge in [0.2, 0.25) is 0 Å². The predicted octanol–water partition coefficient (Wildman–Crippen LogP) is 4.29. The number of aromatic amines is 1. The van der Waals surface area contributed by atoms with Crippen molar-refractivity contribution in [1.82, 2.24) is 14.5 Å². The summed E-state index contributed by atoms with van der Waals surface area (Å²) >= 11 is 8.67. The normalized spacial score (nSPS) is 11.1. The van der Waals surface area contributed by atoms with Crippen molar-refractivity contribution in [3.63, 3.8) is 0 Å². The van der Waals surface area contributed by atoms with Crippen molar-refractivity contribution in [1.29, 1.82) is 0 Å². The number of benzene rings is 1. The van der Waals surface area contributed by atoms with E-state index in [0.29, 0.717) is 21.7 Å². The Balaban J connectivity index is 2.40. The summed E-state index contributed by atoms with van der Waals surface area (Å²) in [5, 5.41) is 0. The van der Waals surface area contributed by atoms with Gasteiger partial charge in [-0.1, -0.05) is 6.07 Å². The third kappa shape index (κ3) is 2.01. The van der Waals surface area contributed by atoms with E-state index in [4.69, 9.17) is 12.2 Å².